The molecule has 0 radical (unpaired) electrons. The largest absolute Gasteiger partial charge is 1.00 e. The van der Waals surface area contributed by atoms with Gasteiger partial charge in [-0.15, -0.1) is 0 Å². The van der Waals surface area contributed by atoms with E-state index in [0.29, 0.717) is 12.8 Å². The number of aliphatic carboxylic acids is 2. The molecule has 0 bridgehead atoms. The molecule has 160 valence electrons. The predicted octanol–water partition coefficient (Wildman–Crippen LogP) is 2.33. The van der Waals surface area contributed by atoms with E-state index >= 15 is 0 Å². The Morgan fingerprint density at radius 1 is 0.786 bits per heavy atom. The van der Waals surface area contributed by atoms with Gasteiger partial charge in [0.2, 0.25) is 0 Å². The Hall–Kier alpha value is -0.110. The first-order chi connectivity index (χ1) is 12.8. The van der Waals surface area contributed by atoms with Crippen molar-refractivity contribution >= 4 is 22.6 Å². The van der Waals surface area contributed by atoms with E-state index in [4.69, 9.17) is 0 Å². The van der Waals surface area contributed by atoms with Gasteiger partial charge in [0.1, 0.15) is 0 Å². The second-order valence-corrected chi connectivity index (χ2v) is 8.59. The van der Waals surface area contributed by atoms with Gasteiger partial charge in [0, 0.05) is 0 Å². The zero-order chi connectivity index (χ0) is 20.7. The van der Waals surface area contributed by atoms with Crippen LogP contribution in [0.15, 0.2) is 0 Å². The van der Waals surface area contributed by atoms with E-state index in [1.165, 1.54) is 0 Å². The van der Waals surface area contributed by atoms with Crippen molar-refractivity contribution in [1.29, 1.82) is 0 Å². The number of carboxylic acids is 2. The van der Waals surface area contributed by atoms with Gasteiger partial charge in [-0.05, 0) is 6.42 Å². The first-order valence-electron chi connectivity index (χ1n) is 10.4. The molecular formula is C20H37NaO6S. The van der Waals surface area contributed by atoms with Crippen LogP contribution < -0.4 is 29.6 Å². The molecular weight excluding hydrogens is 391 g/mol. The summed E-state index contributed by atoms with van der Waals surface area (Å²) in [5, 5.41) is 19.3. The van der Waals surface area contributed by atoms with Crippen LogP contribution in [0, 0.1) is 5.92 Å². The normalized spacial score (nSPS) is 14.2. The molecule has 0 aliphatic rings. The number of hydrogen-bond donors (Lipinski definition) is 2. The summed E-state index contributed by atoms with van der Waals surface area (Å²) in [5.74, 6) is -4.28. The molecule has 0 aliphatic heterocycles. The van der Waals surface area contributed by atoms with Crippen LogP contribution in [0.1, 0.15) is 104 Å². The first-order valence-corrected chi connectivity index (χ1v) is 11.5. The van der Waals surface area contributed by atoms with Crippen LogP contribution in [0.3, 0.4) is 0 Å². The molecule has 28 heavy (non-hydrogen) atoms. The maximum Gasteiger partial charge on any atom is 1.00 e. The number of carboxylic acid groups (broad SMARTS) is 2. The summed E-state index contributed by atoms with van der Waals surface area (Å²) in [4.78, 5) is 23.7. The zero-order valence-electron chi connectivity index (χ0n) is 17.9. The quantitative estimate of drug-likeness (QED) is 0.197. The molecule has 0 rings (SSSR count). The number of carbonyl (C=O) groups is 2. The van der Waals surface area contributed by atoms with Crippen LogP contribution in [-0.2, 0) is 28.7 Å². The van der Waals surface area contributed by atoms with E-state index < -0.39 is 33.3 Å². The Morgan fingerprint density at radius 2 is 1.21 bits per heavy atom. The van der Waals surface area contributed by atoms with Crippen molar-refractivity contribution < 1.29 is 57.8 Å². The maximum atomic E-state index is 11.9. The second kappa shape index (κ2) is 17.7. The number of hydrogen-bond acceptors (Lipinski definition) is 5. The van der Waals surface area contributed by atoms with Crippen molar-refractivity contribution in [1.82, 2.24) is 0 Å². The zero-order valence-corrected chi connectivity index (χ0v) is 20.7. The van der Waals surface area contributed by atoms with E-state index in [9.17, 15) is 28.2 Å². The van der Waals surface area contributed by atoms with Crippen LogP contribution in [-0.4, -0.2) is 26.9 Å². The summed E-state index contributed by atoms with van der Waals surface area (Å²) >= 11 is 0. The third-order valence-electron chi connectivity index (χ3n) is 5.27. The summed E-state index contributed by atoms with van der Waals surface area (Å²) in [6, 6.07) is 0. The van der Waals surface area contributed by atoms with E-state index in [-0.39, 0.29) is 42.4 Å². The Bertz CT molecular complexity index is 501. The molecule has 2 unspecified atom stereocenters. The van der Waals surface area contributed by atoms with Gasteiger partial charge in [-0.2, -0.15) is 0 Å². The third-order valence-corrected chi connectivity index (χ3v) is 6.53. The summed E-state index contributed by atoms with van der Waals surface area (Å²) in [5.41, 5.74) is 0. The third kappa shape index (κ3) is 10.6. The van der Waals surface area contributed by atoms with Crippen molar-refractivity contribution in [3.63, 3.8) is 0 Å². The molecule has 0 saturated heterocycles. The van der Waals surface area contributed by atoms with E-state index in [2.05, 4.69) is 13.8 Å². The Kier molecular flexibility index (Phi) is 19.0. The second-order valence-electron chi connectivity index (χ2n) is 7.39. The summed E-state index contributed by atoms with van der Waals surface area (Å²) in [7, 11) is -2.99. The van der Waals surface area contributed by atoms with Crippen molar-refractivity contribution in [2.75, 3.05) is 0 Å². The molecule has 0 aliphatic carbocycles. The standard InChI is InChI=1S/C20H37O6S.Na/c1-3-5-7-9-11-13-15-17(18(21)22)20(19(23)24,27(25)26)16-14-12-10-8-6-4-2;/h17H,3-16H2,1-2H3,(H,21,22)(H,23,24);/q-1;+1. The summed E-state index contributed by atoms with van der Waals surface area (Å²) < 4.78 is 21.6. The number of rotatable bonds is 18. The van der Waals surface area contributed by atoms with Gasteiger partial charge in [0.05, 0.1) is 10.7 Å². The van der Waals surface area contributed by atoms with E-state index in [1.807, 2.05) is 0 Å². The van der Waals surface area contributed by atoms with Crippen LogP contribution in [0.4, 0.5) is 0 Å². The molecule has 0 aromatic rings. The topological polar surface area (TPSA) is 109 Å². The van der Waals surface area contributed by atoms with Crippen molar-refractivity contribution in [2.24, 2.45) is 5.92 Å². The van der Waals surface area contributed by atoms with Gasteiger partial charge < -0.3 is 18.6 Å². The van der Waals surface area contributed by atoms with Gasteiger partial charge >= 0.3 is 35.5 Å². The van der Waals surface area contributed by atoms with Crippen LogP contribution >= 0.6 is 0 Å². The van der Waals surface area contributed by atoms with E-state index in [0.717, 1.165) is 64.2 Å². The Labute approximate surface area is 194 Å². The van der Waals surface area contributed by atoms with Gasteiger partial charge in [-0.3, -0.25) is 9.59 Å². The summed E-state index contributed by atoms with van der Waals surface area (Å²) in [6.07, 6.45) is 10.7. The van der Waals surface area contributed by atoms with Crippen molar-refractivity contribution in [3.05, 3.63) is 0 Å². The average molecular weight is 429 g/mol. The Morgan fingerprint density at radius 3 is 1.61 bits per heavy atom. The van der Waals surface area contributed by atoms with Crippen molar-refractivity contribution in [3.8, 4) is 0 Å². The average Bonchev–Trinajstić information content (AvgIpc) is 2.60. The SMILES string of the molecule is CCCCCCCCC(C(=O)O)C(CCCCCCCC)(C(=O)O)[S-](=O)=O.[Na+]. The van der Waals surface area contributed by atoms with Gasteiger partial charge in [-0.1, -0.05) is 108 Å². The smallest absolute Gasteiger partial charge is 0.482 e. The van der Waals surface area contributed by atoms with E-state index in [1.54, 1.807) is 0 Å². The van der Waals surface area contributed by atoms with Gasteiger partial charge in [0.15, 0.2) is 0 Å². The fourth-order valence-electron chi connectivity index (χ4n) is 3.55. The minimum absolute atomic E-state index is 0. The molecule has 2 atom stereocenters. The molecule has 6 nitrogen and oxygen atoms in total. The molecule has 0 amide bonds. The molecule has 0 aromatic heterocycles. The molecule has 0 saturated carbocycles. The molecule has 0 spiro atoms. The minimum Gasteiger partial charge on any atom is -0.482 e. The van der Waals surface area contributed by atoms with Gasteiger partial charge in [-0.25, -0.2) is 0 Å². The van der Waals surface area contributed by atoms with Crippen LogP contribution in [0.5, 0.6) is 0 Å². The maximum absolute atomic E-state index is 11.9. The monoisotopic (exact) mass is 428 g/mol. The molecule has 2 N–H and O–H groups in total. The molecule has 8 heteroatoms. The van der Waals surface area contributed by atoms with Crippen LogP contribution in [0.25, 0.3) is 0 Å². The molecule has 0 aromatic carbocycles. The summed E-state index contributed by atoms with van der Waals surface area (Å²) in [6.45, 7) is 4.20. The fraction of sp³-hybridized carbons (Fsp3) is 0.900. The predicted molar refractivity (Wildman–Crippen MR) is 106 cm³/mol. The molecule has 0 fully saturated rings. The fourth-order valence-corrected chi connectivity index (χ4v) is 4.46. The first kappa shape index (κ1) is 30.1. The van der Waals surface area contributed by atoms with Crippen LogP contribution in [0.2, 0.25) is 0 Å². The minimum atomic E-state index is -2.99. The Balaban J connectivity index is 0. The number of unbranched alkanes of at least 4 members (excludes halogenated alkanes) is 10. The van der Waals surface area contributed by atoms with Gasteiger partial charge in [0.25, 0.3) is 5.97 Å². The molecule has 0 heterocycles. The van der Waals surface area contributed by atoms with Crippen molar-refractivity contribution in [2.45, 2.75) is 108 Å².